The second-order valence-corrected chi connectivity index (χ2v) is 5.11. The van der Waals surface area contributed by atoms with Gasteiger partial charge in [0.25, 0.3) is 5.56 Å². The van der Waals surface area contributed by atoms with Crippen molar-refractivity contribution in [3.05, 3.63) is 52.3 Å². The van der Waals surface area contributed by atoms with Gasteiger partial charge < -0.3 is 15.0 Å². The molecular weight excluding hydrogens is 290 g/mol. The van der Waals surface area contributed by atoms with E-state index in [1.165, 1.54) is 13.2 Å². The van der Waals surface area contributed by atoms with Crippen molar-refractivity contribution in [2.24, 2.45) is 0 Å². The molecule has 0 spiro atoms. The lowest BCUT2D eigenvalue weighted by atomic mass is 10.2. The maximum Gasteiger partial charge on any atom is 0.255 e. The van der Waals surface area contributed by atoms with Crippen LogP contribution in [0.25, 0.3) is 0 Å². The van der Waals surface area contributed by atoms with Gasteiger partial charge in [0.1, 0.15) is 0 Å². The van der Waals surface area contributed by atoms with E-state index in [-0.39, 0.29) is 23.1 Å². The van der Waals surface area contributed by atoms with Crippen LogP contribution in [0.3, 0.4) is 0 Å². The summed E-state index contributed by atoms with van der Waals surface area (Å²) in [4.78, 5) is 29.7. The quantitative estimate of drug-likeness (QED) is 0.618. The van der Waals surface area contributed by atoms with E-state index in [2.05, 4.69) is 15.3 Å². The number of ether oxygens (including phenoxy) is 1. The molecule has 21 heavy (non-hydrogen) atoms. The fourth-order valence-electron chi connectivity index (χ4n) is 1.57. The molecule has 0 unspecified atom stereocenters. The van der Waals surface area contributed by atoms with Crippen molar-refractivity contribution in [1.82, 2.24) is 15.3 Å². The van der Waals surface area contributed by atoms with Crippen LogP contribution in [0.1, 0.15) is 5.56 Å². The number of nitrogens with zero attached hydrogens (tertiary/aromatic N) is 1. The molecule has 0 aliphatic carbocycles. The third kappa shape index (κ3) is 4.96. The molecule has 0 atom stereocenters. The number of H-pyrrole nitrogens is 1. The maximum absolute atomic E-state index is 11.7. The number of carbonyl (C=O) groups excluding carboxylic acids is 1. The zero-order valence-corrected chi connectivity index (χ0v) is 12.3. The first kappa shape index (κ1) is 15.1. The molecule has 1 heterocycles. The highest BCUT2D eigenvalue weighted by Gasteiger charge is 2.06. The number of thioether (sulfide) groups is 1. The number of benzene rings is 1. The zero-order chi connectivity index (χ0) is 15.1. The molecule has 1 aromatic heterocycles. The molecule has 2 aromatic rings. The Labute approximate surface area is 125 Å². The van der Waals surface area contributed by atoms with Gasteiger partial charge in [-0.1, -0.05) is 42.1 Å². The Hall–Kier alpha value is -2.28. The minimum Gasteiger partial charge on any atom is -0.481 e. The van der Waals surface area contributed by atoms with E-state index in [1.54, 1.807) is 0 Å². The van der Waals surface area contributed by atoms with Crippen LogP contribution in [-0.4, -0.2) is 28.7 Å². The first-order chi connectivity index (χ1) is 10.2. The summed E-state index contributed by atoms with van der Waals surface area (Å²) in [5, 5.41) is 3.16. The average Bonchev–Trinajstić information content (AvgIpc) is 2.51. The van der Waals surface area contributed by atoms with Crippen LogP contribution in [0.5, 0.6) is 5.88 Å². The molecular formula is C14H15N3O3S. The molecule has 2 N–H and O–H groups in total. The number of aromatic nitrogens is 2. The van der Waals surface area contributed by atoms with Crippen LogP contribution >= 0.6 is 11.8 Å². The lowest BCUT2D eigenvalue weighted by molar-refractivity contribution is -0.118. The molecule has 0 saturated carbocycles. The summed E-state index contributed by atoms with van der Waals surface area (Å²) < 4.78 is 4.90. The van der Waals surface area contributed by atoms with Gasteiger partial charge >= 0.3 is 0 Å². The summed E-state index contributed by atoms with van der Waals surface area (Å²) >= 11 is 1.15. The molecule has 110 valence electrons. The third-order valence-electron chi connectivity index (χ3n) is 2.58. The Morgan fingerprint density at radius 2 is 2.14 bits per heavy atom. The Kier molecular flexibility index (Phi) is 5.39. The Balaban J connectivity index is 1.84. The van der Waals surface area contributed by atoms with E-state index >= 15 is 0 Å². The van der Waals surface area contributed by atoms with E-state index in [1.807, 2.05) is 30.3 Å². The number of amides is 1. The predicted molar refractivity (Wildman–Crippen MR) is 80.4 cm³/mol. The van der Waals surface area contributed by atoms with Crippen LogP contribution in [0.15, 0.2) is 46.3 Å². The van der Waals surface area contributed by atoms with Gasteiger partial charge in [-0.15, -0.1) is 0 Å². The number of rotatable bonds is 6. The fraction of sp³-hybridized carbons (Fsp3) is 0.214. The molecule has 1 amide bonds. The summed E-state index contributed by atoms with van der Waals surface area (Å²) in [5.74, 6) is 0.267. The number of hydrogen-bond acceptors (Lipinski definition) is 5. The smallest absolute Gasteiger partial charge is 0.255 e. The maximum atomic E-state index is 11.7. The summed E-state index contributed by atoms with van der Waals surface area (Å²) in [6.07, 6.45) is 0. The summed E-state index contributed by atoms with van der Waals surface area (Å²) in [6, 6.07) is 10.9. The van der Waals surface area contributed by atoms with E-state index in [4.69, 9.17) is 4.74 Å². The molecule has 2 rings (SSSR count). The van der Waals surface area contributed by atoms with Crippen molar-refractivity contribution >= 4 is 17.7 Å². The Morgan fingerprint density at radius 1 is 1.38 bits per heavy atom. The Bertz CT molecular complexity index is 658. The second kappa shape index (κ2) is 7.49. The van der Waals surface area contributed by atoms with Crippen molar-refractivity contribution in [2.75, 3.05) is 12.9 Å². The van der Waals surface area contributed by atoms with Gasteiger partial charge in [0, 0.05) is 6.54 Å². The monoisotopic (exact) mass is 305 g/mol. The van der Waals surface area contributed by atoms with Gasteiger partial charge in [-0.2, -0.15) is 4.98 Å². The minimum absolute atomic E-state index is 0.130. The first-order valence-electron chi connectivity index (χ1n) is 6.26. The topological polar surface area (TPSA) is 84.1 Å². The lowest BCUT2D eigenvalue weighted by Crippen LogP contribution is -2.24. The van der Waals surface area contributed by atoms with Crippen LogP contribution in [0.2, 0.25) is 0 Å². The van der Waals surface area contributed by atoms with Gasteiger partial charge in [0.2, 0.25) is 11.8 Å². The van der Waals surface area contributed by atoms with Crippen molar-refractivity contribution in [1.29, 1.82) is 0 Å². The molecule has 7 heteroatoms. The highest BCUT2D eigenvalue weighted by atomic mass is 32.2. The van der Waals surface area contributed by atoms with E-state index in [0.29, 0.717) is 11.7 Å². The predicted octanol–water partition coefficient (Wildman–Crippen LogP) is 1.19. The summed E-state index contributed by atoms with van der Waals surface area (Å²) in [6.45, 7) is 0.474. The average molecular weight is 305 g/mol. The van der Waals surface area contributed by atoms with Gasteiger partial charge in [-0.25, -0.2) is 0 Å². The number of methoxy groups -OCH3 is 1. The number of nitrogens with one attached hydrogen (secondary N) is 2. The normalized spacial score (nSPS) is 10.1. The van der Waals surface area contributed by atoms with Crippen molar-refractivity contribution < 1.29 is 9.53 Å². The second-order valence-electron chi connectivity index (χ2n) is 4.14. The number of hydrogen-bond donors (Lipinski definition) is 2. The van der Waals surface area contributed by atoms with Crippen LogP contribution in [0, 0.1) is 0 Å². The highest BCUT2D eigenvalue weighted by molar-refractivity contribution is 7.99. The van der Waals surface area contributed by atoms with Crippen molar-refractivity contribution in [3.63, 3.8) is 0 Å². The molecule has 0 fully saturated rings. The molecule has 0 radical (unpaired) electrons. The van der Waals surface area contributed by atoms with Crippen molar-refractivity contribution in [2.45, 2.75) is 11.7 Å². The van der Waals surface area contributed by atoms with Crippen LogP contribution in [0.4, 0.5) is 0 Å². The van der Waals surface area contributed by atoms with Gasteiger partial charge in [0.05, 0.1) is 18.9 Å². The first-order valence-corrected chi connectivity index (χ1v) is 7.24. The molecule has 1 aromatic carbocycles. The minimum atomic E-state index is -0.311. The van der Waals surface area contributed by atoms with Crippen LogP contribution in [-0.2, 0) is 11.3 Å². The van der Waals surface area contributed by atoms with Crippen molar-refractivity contribution in [3.8, 4) is 5.88 Å². The molecule has 0 bridgehead atoms. The van der Waals surface area contributed by atoms with E-state index in [0.717, 1.165) is 17.3 Å². The fourth-order valence-corrected chi connectivity index (χ4v) is 2.27. The summed E-state index contributed by atoms with van der Waals surface area (Å²) in [5.41, 5.74) is 0.720. The standard InChI is InChI=1S/C14H15N3O3S/c1-20-13-7-11(18)16-14(17-13)21-9-12(19)15-8-10-5-3-2-4-6-10/h2-7H,8-9H2,1H3,(H,15,19)(H,16,17,18). The zero-order valence-electron chi connectivity index (χ0n) is 11.5. The largest absolute Gasteiger partial charge is 0.481 e. The van der Waals surface area contributed by atoms with E-state index < -0.39 is 0 Å². The molecule has 0 aliphatic rings. The van der Waals surface area contributed by atoms with E-state index in [9.17, 15) is 9.59 Å². The Morgan fingerprint density at radius 3 is 2.86 bits per heavy atom. The number of aromatic amines is 1. The molecule has 6 nitrogen and oxygen atoms in total. The lowest BCUT2D eigenvalue weighted by Gasteiger charge is -2.05. The molecule has 0 saturated heterocycles. The molecule has 0 aliphatic heterocycles. The SMILES string of the molecule is COc1cc(=O)[nH]c(SCC(=O)NCc2ccccc2)n1. The summed E-state index contributed by atoms with van der Waals surface area (Å²) in [7, 11) is 1.43. The highest BCUT2D eigenvalue weighted by Crippen LogP contribution is 2.13. The van der Waals surface area contributed by atoms with Gasteiger partial charge in [0.15, 0.2) is 5.16 Å². The van der Waals surface area contributed by atoms with Gasteiger partial charge in [-0.3, -0.25) is 9.59 Å². The van der Waals surface area contributed by atoms with Gasteiger partial charge in [-0.05, 0) is 5.56 Å². The third-order valence-corrected chi connectivity index (χ3v) is 3.45. The van der Waals surface area contributed by atoms with Crippen LogP contribution < -0.4 is 15.6 Å². The number of carbonyl (C=O) groups is 1.